The number of amides is 4. The first-order chi connectivity index (χ1) is 11.5. The summed E-state index contributed by atoms with van der Waals surface area (Å²) in [5.74, 6) is 1.47. The number of ether oxygens (including phenoxy) is 1. The van der Waals surface area contributed by atoms with Crippen LogP contribution in [0.5, 0.6) is 0 Å². The molecule has 4 rings (SSSR count). The van der Waals surface area contributed by atoms with Crippen molar-refractivity contribution in [2.75, 3.05) is 13.1 Å². The number of rotatable bonds is 3. The van der Waals surface area contributed by atoms with Gasteiger partial charge in [-0.25, -0.2) is 15.0 Å². The summed E-state index contributed by atoms with van der Waals surface area (Å²) in [6.45, 7) is 10.4. The second-order valence-corrected chi connectivity index (χ2v) is 9.29. The number of nitrogens with zero attached hydrogens (tertiary/aromatic N) is 2. The molecular weight excluding hydrogens is 322 g/mol. The Morgan fingerprint density at radius 1 is 1.20 bits per heavy atom. The van der Waals surface area contributed by atoms with Gasteiger partial charge in [0.05, 0.1) is 0 Å². The standard InChI is InChI=1S/C18H29N3O4/c1-17(2,3)25-15(23)19-21-14(22)10-20(16(21)24)9-11-6-12-8-13(7-11)18(12,4)5/h11-13H,6-10H2,1-5H3,(H,19,23). The minimum atomic E-state index is -0.795. The number of carbonyl (C=O) groups excluding carboxylic acids is 3. The molecule has 1 heterocycles. The average molecular weight is 351 g/mol. The summed E-state index contributed by atoms with van der Waals surface area (Å²) in [5, 5.41) is 0.779. The first-order valence-corrected chi connectivity index (χ1v) is 9.09. The van der Waals surface area contributed by atoms with Gasteiger partial charge >= 0.3 is 12.1 Å². The van der Waals surface area contributed by atoms with E-state index < -0.39 is 23.6 Å². The Balaban J connectivity index is 1.54. The lowest BCUT2D eigenvalue weighted by Crippen LogP contribution is -2.52. The highest BCUT2D eigenvalue weighted by atomic mass is 16.6. The molecule has 2 unspecified atom stereocenters. The van der Waals surface area contributed by atoms with Gasteiger partial charge in [-0.2, -0.15) is 5.01 Å². The summed E-state index contributed by atoms with van der Waals surface area (Å²) in [4.78, 5) is 37.9. The van der Waals surface area contributed by atoms with Crippen molar-refractivity contribution in [1.29, 1.82) is 0 Å². The van der Waals surface area contributed by atoms with Crippen LogP contribution < -0.4 is 5.43 Å². The molecule has 2 atom stereocenters. The highest BCUT2D eigenvalue weighted by Crippen LogP contribution is 2.60. The lowest BCUT2D eigenvalue weighted by molar-refractivity contribution is -0.127. The molecule has 7 nitrogen and oxygen atoms in total. The third-order valence-corrected chi connectivity index (χ3v) is 6.03. The van der Waals surface area contributed by atoms with Crippen LogP contribution in [0.25, 0.3) is 0 Å². The molecule has 140 valence electrons. The zero-order chi connectivity index (χ0) is 18.6. The summed E-state index contributed by atoms with van der Waals surface area (Å²) >= 11 is 0. The second kappa shape index (κ2) is 5.88. The zero-order valence-electron chi connectivity index (χ0n) is 15.8. The maximum Gasteiger partial charge on any atom is 0.427 e. The number of imide groups is 1. The van der Waals surface area contributed by atoms with Crippen LogP contribution in [0.1, 0.15) is 53.9 Å². The van der Waals surface area contributed by atoms with Gasteiger partial charge < -0.3 is 9.64 Å². The largest absolute Gasteiger partial charge is 0.443 e. The predicted molar refractivity (Wildman–Crippen MR) is 91.3 cm³/mol. The lowest BCUT2D eigenvalue weighted by atomic mass is 9.47. The van der Waals surface area contributed by atoms with Gasteiger partial charge in [0.25, 0.3) is 5.91 Å². The molecule has 4 fully saturated rings. The van der Waals surface area contributed by atoms with E-state index >= 15 is 0 Å². The van der Waals surface area contributed by atoms with Gasteiger partial charge in [0.2, 0.25) is 0 Å². The first-order valence-electron chi connectivity index (χ1n) is 9.09. The van der Waals surface area contributed by atoms with E-state index in [9.17, 15) is 14.4 Å². The smallest absolute Gasteiger partial charge is 0.427 e. The molecule has 1 aliphatic heterocycles. The SMILES string of the molecule is CC(C)(C)OC(=O)NN1C(=O)CN(CC2CC3CC(C2)C3(C)C)C1=O. The molecule has 4 aliphatic rings. The molecule has 4 amide bonds. The van der Waals surface area contributed by atoms with Crippen LogP contribution >= 0.6 is 0 Å². The number of carbonyl (C=O) groups is 3. The van der Waals surface area contributed by atoms with Crippen molar-refractivity contribution in [2.24, 2.45) is 23.2 Å². The van der Waals surface area contributed by atoms with Crippen molar-refractivity contribution in [3.8, 4) is 0 Å². The minimum absolute atomic E-state index is 0.0177. The van der Waals surface area contributed by atoms with Gasteiger partial charge in [-0.3, -0.25) is 4.79 Å². The van der Waals surface area contributed by atoms with Crippen LogP contribution in [-0.2, 0) is 9.53 Å². The summed E-state index contributed by atoms with van der Waals surface area (Å²) < 4.78 is 5.11. The predicted octanol–water partition coefficient (Wildman–Crippen LogP) is 2.76. The zero-order valence-corrected chi connectivity index (χ0v) is 15.8. The Hall–Kier alpha value is -1.79. The Kier molecular flexibility index (Phi) is 4.24. The fraction of sp³-hybridized carbons (Fsp3) is 0.833. The Bertz CT molecular complexity index is 582. The van der Waals surface area contributed by atoms with E-state index in [0.29, 0.717) is 17.9 Å². The number of urea groups is 1. The van der Waals surface area contributed by atoms with E-state index in [4.69, 9.17) is 4.74 Å². The van der Waals surface area contributed by atoms with E-state index in [1.54, 1.807) is 25.7 Å². The van der Waals surface area contributed by atoms with E-state index in [2.05, 4.69) is 19.3 Å². The maximum absolute atomic E-state index is 12.5. The summed E-state index contributed by atoms with van der Waals surface area (Å²) in [6.07, 6.45) is 2.72. The molecule has 3 saturated carbocycles. The van der Waals surface area contributed by atoms with Crippen molar-refractivity contribution in [2.45, 2.75) is 59.5 Å². The van der Waals surface area contributed by atoms with Gasteiger partial charge in [-0.15, -0.1) is 0 Å². The van der Waals surface area contributed by atoms with E-state index in [-0.39, 0.29) is 6.54 Å². The van der Waals surface area contributed by atoms with E-state index in [0.717, 1.165) is 29.7 Å². The maximum atomic E-state index is 12.5. The van der Waals surface area contributed by atoms with Gasteiger partial charge in [-0.1, -0.05) is 13.8 Å². The molecule has 0 aromatic carbocycles. The van der Waals surface area contributed by atoms with Crippen LogP contribution in [0.3, 0.4) is 0 Å². The number of nitrogens with one attached hydrogen (secondary N) is 1. The molecule has 25 heavy (non-hydrogen) atoms. The Morgan fingerprint density at radius 3 is 2.32 bits per heavy atom. The van der Waals surface area contributed by atoms with Crippen molar-refractivity contribution in [1.82, 2.24) is 15.3 Å². The first kappa shape index (κ1) is 18.0. The fourth-order valence-corrected chi connectivity index (χ4v) is 4.48. The van der Waals surface area contributed by atoms with Crippen LogP contribution in [0.15, 0.2) is 0 Å². The van der Waals surface area contributed by atoms with Crippen molar-refractivity contribution < 1.29 is 19.1 Å². The molecular formula is C18H29N3O4. The molecule has 1 N–H and O–H groups in total. The summed E-state index contributed by atoms with van der Waals surface area (Å²) in [5.41, 5.74) is 2.00. The molecule has 1 saturated heterocycles. The Morgan fingerprint density at radius 2 is 1.80 bits per heavy atom. The van der Waals surface area contributed by atoms with Crippen LogP contribution in [0.2, 0.25) is 0 Å². The molecule has 0 aromatic rings. The van der Waals surface area contributed by atoms with Crippen molar-refractivity contribution in [3.05, 3.63) is 0 Å². The fourth-order valence-electron chi connectivity index (χ4n) is 4.48. The third-order valence-electron chi connectivity index (χ3n) is 6.03. The van der Waals surface area contributed by atoms with Gasteiger partial charge in [0.15, 0.2) is 0 Å². The highest BCUT2D eigenvalue weighted by molar-refractivity contribution is 6.02. The molecule has 0 aromatic heterocycles. The van der Waals surface area contributed by atoms with Crippen LogP contribution in [0.4, 0.5) is 9.59 Å². The minimum Gasteiger partial charge on any atom is -0.443 e. The number of hydrazine groups is 1. The number of hydrogen-bond donors (Lipinski definition) is 1. The van der Waals surface area contributed by atoms with Crippen molar-refractivity contribution >= 4 is 18.0 Å². The van der Waals surface area contributed by atoms with Crippen molar-refractivity contribution in [3.63, 3.8) is 0 Å². The summed E-state index contributed by atoms with van der Waals surface area (Å²) in [6, 6.07) is -0.464. The molecule has 0 radical (unpaired) electrons. The number of hydrogen-bond acceptors (Lipinski definition) is 4. The molecule has 3 aliphatic carbocycles. The average Bonchev–Trinajstić information content (AvgIpc) is 2.73. The van der Waals surface area contributed by atoms with E-state index in [1.165, 1.54) is 6.42 Å². The van der Waals surface area contributed by atoms with Gasteiger partial charge in [0.1, 0.15) is 12.1 Å². The monoisotopic (exact) mass is 351 g/mol. The van der Waals surface area contributed by atoms with Crippen LogP contribution in [-0.4, -0.2) is 46.6 Å². The normalized spacial score (nSPS) is 31.0. The second-order valence-electron chi connectivity index (χ2n) is 9.29. The summed E-state index contributed by atoms with van der Waals surface area (Å²) in [7, 11) is 0. The molecule has 7 heteroatoms. The molecule has 2 bridgehead atoms. The van der Waals surface area contributed by atoms with Crippen LogP contribution in [0, 0.1) is 23.2 Å². The Labute approximate surface area is 149 Å². The number of fused-ring (bicyclic) bond motifs is 2. The van der Waals surface area contributed by atoms with Gasteiger partial charge in [0, 0.05) is 6.54 Å². The van der Waals surface area contributed by atoms with Gasteiger partial charge in [-0.05, 0) is 63.2 Å². The van der Waals surface area contributed by atoms with E-state index in [1.807, 2.05) is 0 Å². The molecule has 0 spiro atoms. The highest BCUT2D eigenvalue weighted by Gasteiger charge is 2.53. The quantitative estimate of drug-likeness (QED) is 0.793. The lowest BCUT2D eigenvalue weighted by Gasteiger charge is -2.59. The third kappa shape index (κ3) is 3.46. The topological polar surface area (TPSA) is 79.0 Å².